The average Bonchev–Trinajstić information content (AvgIpc) is 2.52. The second kappa shape index (κ2) is 8.02. The summed E-state index contributed by atoms with van der Waals surface area (Å²) >= 11 is 0. The van der Waals surface area contributed by atoms with Crippen LogP contribution in [0, 0.1) is 6.92 Å². The first kappa shape index (κ1) is 15.8. The fraction of sp³-hybridized carbons (Fsp3) is 0.294. The third-order valence-electron chi connectivity index (χ3n) is 3.38. The summed E-state index contributed by atoms with van der Waals surface area (Å²) in [5.41, 5.74) is 8.64. The molecule has 0 radical (unpaired) electrons. The van der Waals surface area contributed by atoms with E-state index < -0.39 is 0 Å². The van der Waals surface area contributed by atoms with E-state index >= 15 is 0 Å². The third-order valence-corrected chi connectivity index (χ3v) is 3.38. The number of carbonyl (C=O) groups is 1. The van der Waals surface area contributed by atoms with Gasteiger partial charge in [0.05, 0.1) is 12.1 Å². The zero-order valence-corrected chi connectivity index (χ0v) is 12.8. The number of aromatic nitrogens is 1. The van der Waals surface area contributed by atoms with E-state index in [1.165, 1.54) is 0 Å². The molecule has 2 aromatic rings. The van der Waals surface area contributed by atoms with Gasteiger partial charge in [-0.05, 0) is 30.5 Å². The fourth-order valence-electron chi connectivity index (χ4n) is 2.08. The van der Waals surface area contributed by atoms with E-state index in [2.05, 4.69) is 15.6 Å². The summed E-state index contributed by atoms with van der Waals surface area (Å²) in [6.07, 6.45) is 2.96. The Balaban J connectivity index is 1.65. The maximum atomic E-state index is 11.8. The Morgan fingerprint density at radius 2 is 1.95 bits per heavy atom. The highest BCUT2D eigenvalue weighted by Gasteiger charge is 2.03. The number of carbonyl (C=O) groups excluding carboxylic acids is 1. The van der Waals surface area contributed by atoms with Crippen molar-refractivity contribution in [1.82, 2.24) is 10.3 Å². The van der Waals surface area contributed by atoms with Crippen molar-refractivity contribution in [3.63, 3.8) is 0 Å². The first-order valence-corrected chi connectivity index (χ1v) is 7.42. The topological polar surface area (TPSA) is 80.0 Å². The van der Waals surface area contributed by atoms with Gasteiger partial charge >= 0.3 is 0 Å². The van der Waals surface area contributed by atoms with E-state index in [1.807, 2.05) is 43.3 Å². The zero-order chi connectivity index (χ0) is 15.8. The molecule has 116 valence electrons. The number of hydrogen-bond acceptors (Lipinski definition) is 4. The molecule has 4 N–H and O–H groups in total. The van der Waals surface area contributed by atoms with E-state index in [1.54, 1.807) is 6.20 Å². The van der Waals surface area contributed by atoms with Gasteiger partial charge in [-0.15, -0.1) is 0 Å². The molecule has 1 aromatic carbocycles. The van der Waals surface area contributed by atoms with Gasteiger partial charge in [-0.1, -0.05) is 30.3 Å². The van der Waals surface area contributed by atoms with Crippen LogP contribution in [0.4, 0.5) is 11.5 Å². The monoisotopic (exact) mass is 298 g/mol. The van der Waals surface area contributed by atoms with Crippen molar-refractivity contribution in [3.05, 3.63) is 53.7 Å². The number of nitrogens with two attached hydrogens (primary N) is 1. The lowest BCUT2D eigenvalue weighted by Gasteiger charge is -2.10. The highest BCUT2D eigenvalue weighted by molar-refractivity contribution is 5.78. The Kier molecular flexibility index (Phi) is 5.77. The molecule has 5 nitrogen and oxygen atoms in total. The fourth-order valence-corrected chi connectivity index (χ4v) is 2.08. The number of pyridine rings is 1. The van der Waals surface area contributed by atoms with Gasteiger partial charge in [0.1, 0.15) is 5.82 Å². The zero-order valence-electron chi connectivity index (χ0n) is 12.8. The minimum Gasteiger partial charge on any atom is -0.396 e. The van der Waals surface area contributed by atoms with Crippen LogP contribution in [0.25, 0.3) is 0 Å². The van der Waals surface area contributed by atoms with Crippen molar-refractivity contribution >= 4 is 17.4 Å². The van der Waals surface area contributed by atoms with Crippen LogP contribution in [0.1, 0.15) is 17.5 Å². The van der Waals surface area contributed by atoms with Crippen LogP contribution in [0.2, 0.25) is 0 Å². The van der Waals surface area contributed by atoms with Crippen LogP contribution in [-0.4, -0.2) is 24.0 Å². The Hall–Kier alpha value is -2.56. The molecule has 2 rings (SSSR count). The molecule has 0 aliphatic heterocycles. The minimum absolute atomic E-state index is 0.0411. The van der Waals surface area contributed by atoms with Crippen LogP contribution in [-0.2, 0) is 11.2 Å². The summed E-state index contributed by atoms with van der Waals surface area (Å²) in [4.78, 5) is 16.0. The first-order valence-electron chi connectivity index (χ1n) is 7.42. The molecule has 0 atom stereocenters. The third kappa shape index (κ3) is 4.77. The second-order valence-electron chi connectivity index (χ2n) is 5.18. The van der Waals surface area contributed by atoms with Crippen molar-refractivity contribution in [2.75, 3.05) is 24.1 Å². The summed E-state index contributed by atoms with van der Waals surface area (Å²) in [5, 5.41) is 6.10. The molecular weight excluding hydrogens is 276 g/mol. The van der Waals surface area contributed by atoms with Gasteiger partial charge in [-0.25, -0.2) is 4.98 Å². The second-order valence-corrected chi connectivity index (χ2v) is 5.18. The normalized spacial score (nSPS) is 10.2. The minimum atomic E-state index is 0.0411. The Morgan fingerprint density at radius 3 is 2.73 bits per heavy atom. The van der Waals surface area contributed by atoms with E-state index in [0.717, 1.165) is 17.5 Å². The van der Waals surface area contributed by atoms with Gasteiger partial charge in [0.25, 0.3) is 0 Å². The quantitative estimate of drug-likeness (QED) is 0.684. The molecule has 22 heavy (non-hydrogen) atoms. The molecule has 0 aliphatic rings. The summed E-state index contributed by atoms with van der Waals surface area (Å²) in [6, 6.07) is 11.6. The number of hydrogen-bond donors (Lipinski definition) is 3. The van der Waals surface area contributed by atoms with Crippen molar-refractivity contribution < 1.29 is 4.79 Å². The number of benzene rings is 1. The van der Waals surface area contributed by atoms with E-state index in [4.69, 9.17) is 5.73 Å². The van der Waals surface area contributed by atoms with Gasteiger partial charge in [0.15, 0.2) is 0 Å². The standard InChI is InChI=1S/C17H22N4O/c1-13-8-11-21-17(16(13)18)20-10-5-9-19-15(22)12-14-6-3-2-4-7-14/h2-4,6-8,11H,5,9-10,12,18H2,1H3,(H,19,22)(H,20,21). The first-order chi connectivity index (χ1) is 10.7. The summed E-state index contributed by atoms with van der Waals surface area (Å²) in [7, 11) is 0. The van der Waals surface area contributed by atoms with Crippen molar-refractivity contribution in [2.24, 2.45) is 0 Å². The number of rotatable bonds is 7. The Morgan fingerprint density at radius 1 is 1.18 bits per heavy atom. The van der Waals surface area contributed by atoms with E-state index in [9.17, 15) is 4.79 Å². The van der Waals surface area contributed by atoms with Crippen LogP contribution in [0.3, 0.4) is 0 Å². The molecule has 0 fully saturated rings. The number of aryl methyl sites for hydroxylation is 1. The highest BCUT2D eigenvalue weighted by Crippen LogP contribution is 2.18. The molecule has 0 saturated carbocycles. The molecule has 1 amide bonds. The van der Waals surface area contributed by atoms with Crippen molar-refractivity contribution in [3.8, 4) is 0 Å². The molecule has 0 aliphatic carbocycles. The number of anilines is 2. The van der Waals surface area contributed by atoms with Crippen molar-refractivity contribution in [1.29, 1.82) is 0 Å². The maximum Gasteiger partial charge on any atom is 0.224 e. The van der Waals surface area contributed by atoms with Gasteiger partial charge in [-0.2, -0.15) is 0 Å². The van der Waals surface area contributed by atoms with Gasteiger partial charge < -0.3 is 16.4 Å². The van der Waals surface area contributed by atoms with Gasteiger partial charge in [-0.3, -0.25) is 4.79 Å². The van der Waals surface area contributed by atoms with E-state index in [-0.39, 0.29) is 5.91 Å². The predicted molar refractivity (Wildman–Crippen MR) is 89.6 cm³/mol. The number of nitrogens with one attached hydrogen (secondary N) is 2. The molecule has 0 bridgehead atoms. The summed E-state index contributed by atoms with van der Waals surface area (Å²) in [6.45, 7) is 3.29. The lowest BCUT2D eigenvalue weighted by atomic mass is 10.1. The van der Waals surface area contributed by atoms with Crippen LogP contribution in [0.15, 0.2) is 42.6 Å². The van der Waals surface area contributed by atoms with Crippen molar-refractivity contribution in [2.45, 2.75) is 19.8 Å². The largest absolute Gasteiger partial charge is 0.396 e. The number of nitrogens with zero attached hydrogens (tertiary/aromatic N) is 1. The lowest BCUT2D eigenvalue weighted by molar-refractivity contribution is -0.120. The molecule has 1 aromatic heterocycles. The molecule has 1 heterocycles. The Bertz CT molecular complexity index is 613. The van der Waals surface area contributed by atoms with Gasteiger partial charge in [0, 0.05) is 19.3 Å². The lowest BCUT2D eigenvalue weighted by Crippen LogP contribution is -2.27. The smallest absolute Gasteiger partial charge is 0.224 e. The predicted octanol–water partition coefficient (Wildman–Crippen LogP) is 2.13. The Labute approximate surface area is 130 Å². The maximum absolute atomic E-state index is 11.8. The average molecular weight is 298 g/mol. The van der Waals surface area contributed by atoms with Gasteiger partial charge in [0.2, 0.25) is 5.91 Å². The molecule has 0 spiro atoms. The van der Waals surface area contributed by atoms with Crippen LogP contribution >= 0.6 is 0 Å². The molecular formula is C17H22N4O. The summed E-state index contributed by atoms with van der Waals surface area (Å²) in [5.74, 6) is 0.745. The molecule has 0 unspecified atom stereocenters. The van der Waals surface area contributed by atoms with E-state index in [0.29, 0.717) is 31.0 Å². The summed E-state index contributed by atoms with van der Waals surface area (Å²) < 4.78 is 0. The number of amides is 1. The SMILES string of the molecule is Cc1ccnc(NCCCNC(=O)Cc2ccccc2)c1N. The number of nitrogen functional groups attached to an aromatic ring is 1. The molecule has 5 heteroatoms. The molecule has 0 saturated heterocycles. The van der Waals surface area contributed by atoms with Crippen LogP contribution < -0.4 is 16.4 Å². The highest BCUT2D eigenvalue weighted by atomic mass is 16.1. The van der Waals surface area contributed by atoms with Crippen LogP contribution in [0.5, 0.6) is 0 Å².